The van der Waals surface area contributed by atoms with Crippen molar-refractivity contribution in [3.8, 4) is 5.75 Å². The van der Waals surface area contributed by atoms with Crippen molar-refractivity contribution in [1.82, 2.24) is 0 Å². The molecule has 0 radical (unpaired) electrons. The highest BCUT2D eigenvalue weighted by molar-refractivity contribution is 7.92. The molecule has 0 bridgehead atoms. The van der Waals surface area contributed by atoms with Gasteiger partial charge < -0.3 is 10.1 Å². The minimum Gasteiger partial charge on any atom is -0.476 e. The van der Waals surface area contributed by atoms with E-state index in [4.69, 9.17) is 4.74 Å². The fourth-order valence-electron chi connectivity index (χ4n) is 3.66. The van der Waals surface area contributed by atoms with Crippen molar-refractivity contribution in [3.05, 3.63) is 82.9 Å². The number of fused-ring (bicyclic) bond motifs is 1. The molecule has 1 N–H and O–H groups in total. The van der Waals surface area contributed by atoms with Crippen LogP contribution in [0.3, 0.4) is 0 Å². The molecule has 0 fully saturated rings. The molecule has 4 rings (SSSR count). The van der Waals surface area contributed by atoms with Crippen LogP contribution in [0.15, 0.2) is 65.6 Å². The number of hydrogen-bond acceptors (Lipinski definition) is 4. The van der Waals surface area contributed by atoms with E-state index >= 15 is 0 Å². The van der Waals surface area contributed by atoms with Gasteiger partial charge in [0, 0.05) is 5.69 Å². The lowest BCUT2D eigenvalue weighted by Crippen LogP contribution is -2.48. The van der Waals surface area contributed by atoms with Crippen LogP contribution >= 0.6 is 0 Å². The molecular weight excluding hydrogens is 424 g/mol. The smallest absolute Gasteiger partial charge is 0.267 e. The summed E-state index contributed by atoms with van der Waals surface area (Å²) in [6, 6.07) is 17.6. The molecule has 1 atom stereocenters. The summed E-state index contributed by atoms with van der Waals surface area (Å²) < 4.78 is 34.3. The predicted molar refractivity (Wildman–Crippen MR) is 126 cm³/mol. The molecule has 3 aromatic rings. The number of carbonyl (C=O) groups excluding carboxylic acids is 1. The van der Waals surface area contributed by atoms with Gasteiger partial charge in [-0.15, -0.1) is 0 Å². The van der Waals surface area contributed by atoms with Crippen LogP contribution in [0.1, 0.15) is 22.3 Å². The van der Waals surface area contributed by atoms with Crippen LogP contribution in [0, 0.1) is 27.7 Å². The fourth-order valence-corrected chi connectivity index (χ4v) is 5.14. The number of ether oxygens (including phenoxy) is 1. The summed E-state index contributed by atoms with van der Waals surface area (Å²) in [7, 11) is -3.89. The SMILES string of the molecule is Cc1ccc(S(=O)(=O)N2C[C@@H](C(=O)Nc3cccc(C)c3C)Oc3cc(C)ccc32)cc1. The van der Waals surface area contributed by atoms with Crippen molar-refractivity contribution in [2.45, 2.75) is 38.7 Å². The van der Waals surface area contributed by atoms with Gasteiger partial charge in [0.2, 0.25) is 0 Å². The van der Waals surface area contributed by atoms with Crippen molar-refractivity contribution in [3.63, 3.8) is 0 Å². The Kier molecular flexibility index (Phi) is 5.69. The number of amides is 1. The maximum absolute atomic E-state index is 13.5. The number of hydrogen-bond donors (Lipinski definition) is 1. The van der Waals surface area contributed by atoms with Gasteiger partial charge in [0.15, 0.2) is 6.10 Å². The second-order valence-corrected chi connectivity index (χ2v) is 10.0. The van der Waals surface area contributed by atoms with Crippen LogP contribution in [0.25, 0.3) is 0 Å². The van der Waals surface area contributed by atoms with Gasteiger partial charge in [0.1, 0.15) is 5.75 Å². The number of nitrogens with zero attached hydrogens (tertiary/aromatic N) is 1. The number of rotatable bonds is 4. The quantitative estimate of drug-likeness (QED) is 0.634. The Morgan fingerprint density at radius 1 is 0.969 bits per heavy atom. The predicted octanol–water partition coefficient (Wildman–Crippen LogP) is 4.52. The monoisotopic (exact) mass is 450 g/mol. The summed E-state index contributed by atoms with van der Waals surface area (Å²) in [4.78, 5) is 13.3. The minimum atomic E-state index is -3.89. The number of benzene rings is 3. The Morgan fingerprint density at radius 2 is 1.66 bits per heavy atom. The third kappa shape index (κ3) is 4.08. The maximum atomic E-state index is 13.5. The summed E-state index contributed by atoms with van der Waals surface area (Å²) in [5.74, 6) is -0.0250. The lowest BCUT2D eigenvalue weighted by molar-refractivity contribution is -0.122. The molecule has 32 heavy (non-hydrogen) atoms. The summed E-state index contributed by atoms with van der Waals surface area (Å²) in [6.07, 6.45) is -0.996. The zero-order valence-corrected chi connectivity index (χ0v) is 19.4. The standard InChI is InChI=1S/C25H26N2O4S/c1-16-8-11-20(12-9-16)32(29,30)27-15-24(31-23-14-17(2)10-13-22(23)27)25(28)26-21-7-5-6-18(3)19(21)4/h5-14,24H,15H2,1-4H3,(H,26,28)/t24-/m0/s1. The van der Waals surface area contributed by atoms with Gasteiger partial charge in [-0.2, -0.15) is 0 Å². The van der Waals surface area contributed by atoms with Gasteiger partial charge in [-0.05, 0) is 74.7 Å². The Bertz CT molecular complexity index is 1280. The topological polar surface area (TPSA) is 75.7 Å². The first-order chi connectivity index (χ1) is 15.2. The molecule has 1 aliphatic rings. The molecule has 0 saturated heterocycles. The van der Waals surface area contributed by atoms with Gasteiger partial charge >= 0.3 is 0 Å². The van der Waals surface area contributed by atoms with Crippen molar-refractivity contribution >= 4 is 27.3 Å². The van der Waals surface area contributed by atoms with Gasteiger partial charge in [-0.25, -0.2) is 8.42 Å². The number of anilines is 2. The van der Waals surface area contributed by atoms with E-state index in [2.05, 4.69) is 5.32 Å². The fraction of sp³-hybridized carbons (Fsp3) is 0.240. The van der Waals surface area contributed by atoms with E-state index in [1.165, 1.54) is 4.31 Å². The molecule has 0 saturated carbocycles. The van der Waals surface area contributed by atoms with E-state index in [0.717, 1.165) is 22.3 Å². The molecule has 0 aliphatic carbocycles. The number of carbonyl (C=O) groups is 1. The first kappa shape index (κ1) is 21.9. The normalized spacial score (nSPS) is 15.6. The lowest BCUT2D eigenvalue weighted by Gasteiger charge is -2.35. The highest BCUT2D eigenvalue weighted by Gasteiger charge is 2.37. The van der Waals surface area contributed by atoms with Crippen LogP contribution in [0.4, 0.5) is 11.4 Å². The van der Waals surface area contributed by atoms with Gasteiger partial charge in [0.25, 0.3) is 15.9 Å². The molecular formula is C25H26N2O4S. The molecule has 0 spiro atoms. The van der Waals surface area contributed by atoms with E-state index < -0.39 is 22.0 Å². The average Bonchev–Trinajstić information content (AvgIpc) is 2.76. The zero-order valence-electron chi connectivity index (χ0n) is 18.5. The molecule has 0 aromatic heterocycles. The van der Waals surface area contributed by atoms with Gasteiger partial charge in [0.05, 0.1) is 17.1 Å². The van der Waals surface area contributed by atoms with Crippen molar-refractivity contribution in [2.24, 2.45) is 0 Å². The highest BCUT2D eigenvalue weighted by atomic mass is 32.2. The van der Waals surface area contributed by atoms with Crippen molar-refractivity contribution in [2.75, 3.05) is 16.2 Å². The molecule has 7 heteroatoms. The van der Waals surface area contributed by atoms with Crippen LogP contribution in [-0.2, 0) is 14.8 Å². The largest absolute Gasteiger partial charge is 0.476 e. The molecule has 6 nitrogen and oxygen atoms in total. The Labute approximate surface area is 188 Å². The molecule has 3 aromatic carbocycles. The first-order valence-electron chi connectivity index (χ1n) is 10.4. The third-order valence-corrected chi connectivity index (χ3v) is 7.54. The Hall–Kier alpha value is -3.32. The lowest BCUT2D eigenvalue weighted by atomic mass is 10.1. The molecule has 166 valence electrons. The zero-order chi connectivity index (χ0) is 23.0. The molecule has 1 heterocycles. The van der Waals surface area contributed by atoms with Gasteiger partial charge in [-0.1, -0.05) is 35.9 Å². The number of aryl methyl sites for hydroxylation is 3. The van der Waals surface area contributed by atoms with Crippen LogP contribution in [0.5, 0.6) is 5.75 Å². The van der Waals surface area contributed by atoms with E-state index in [1.54, 1.807) is 36.4 Å². The second kappa shape index (κ2) is 8.31. The molecule has 1 aliphatic heterocycles. The van der Waals surface area contributed by atoms with Crippen LogP contribution in [-0.4, -0.2) is 27.0 Å². The maximum Gasteiger partial charge on any atom is 0.267 e. The summed E-state index contributed by atoms with van der Waals surface area (Å²) >= 11 is 0. The van der Waals surface area contributed by atoms with E-state index in [0.29, 0.717) is 17.1 Å². The Morgan fingerprint density at radius 3 is 2.38 bits per heavy atom. The molecule has 0 unspecified atom stereocenters. The Balaban J connectivity index is 1.70. The van der Waals surface area contributed by atoms with E-state index in [9.17, 15) is 13.2 Å². The highest BCUT2D eigenvalue weighted by Crippen LogP contribution is 2.38. The summed E-state index contributed by atoms with van der Waals surface area (Å²) in [5.41, 5.74) is 4.99. The van der Waals surface area contributed by atoms with E-state index in [1.807, 2.05) is 52.0 Å². The average molecular weight is 451 g/mol. The van der Waals surface area contributed by atoms with Gasteiger partial charge in [-0.3, -0.25) is 9.10 Å². The third-order valence-electron chi connectivity index (χ3n) is 5.75. The second-order valence-electron chi connectivity index (χ2n) is 8.16. The minimum absolute atomic E-state index is 0.122. The van der Waals surface area contributed by atoms with Crippen molar-refractivity contribution < 1.29 is 17.9 Å². The van der Waals surface area contributed by atoms with Crippen LogP contribution < -0.4 is 14.4 Å². The number of nitrogens with one attached hydrogen (secondary N) is 1. The summed E-state index contributed by atoms with van der Waals surface area (Å²) in [6.45, 7) is 7.57. The number of sulfonamides is 1. The van der Waals surface area contributed by atoms with Crippen molar-refractivity contribution in [1.29, 1.82) is 0 Å². The van der Waals surface area contributed by atoms with E-state index in [-0.39, 0.29) is 11.4 Å². The molecule has 1 amide bonds. The van der Waals surface area contributed by atoms with Crippen LogP contribution in [0.2, 0.25) is 0 Å². The first-order valence-corrected chi connectivity index (χ1v) is 11.8. The summed E-state index contributed by atoms with van der Waals surface area (Å²) in [5, 5.41) is 2.90.